The van der Waals surface area contributed by atoms with Crippen molar-refractivity contribution in [3.63, 3.8) is 0 Å². The molecule has 0 saturated heterocycles. The summed E-state index contributed by atoms with van der Waals surface area (Å²) in [6.45, 7) is 8.83. The highest BCUT2D eigenvalue weighted by molar-refractivity contribution is 5.81. The monoisotopic (exact) mass is 421 g/mol. The number of ketones is 1. The summed E-state index contributed by atoms with van der Waals surface area (Å²) in [7, 11) is 0. The second kappa shape index (κ2) is 9.67. The maximum absolute atomic E-state index is 12.7. The average Bonchev–Trinajstić information content (AvgIpc) is 3.47. The fraction of sp³-hybridized carbons (Fsp3) is 0.667. The lowest BCUT2D eigenvalue weighted by Crippen LogP contribution is -2.27. The van der Waals surface area contributed by atoms with Gasteiger partial charge in [-0.3, -0.25) is 4.79 Å². The zero-order valence-electron chi connectivity index (χ0n) is 19.9. The predicted octanol–water partition coefficient (Wildman–Crippen LogP) is 6.29. The van der Waals surface area contributed by atoms with Gasteiger partial charge in [-0.05, 0) is 68.9 Å². The fourth-order valence-electron chi connectivity index (χ4n) is 5.35. The molecule has 0 spiro atoms. The smallest absolute Gasteiger partial charge is 0.137 e. The Balaban J connectivity index is 1.34. The molecule has 1 aromatic heterocycles. The maximum Gasteiger partial charge on any atom is 0.137 e. The standard InChI is InChI=1S/C27H39N3O/c1-5-20(6-2)14-21-15-23(16-21)27-29-28-26(30(27)24-9-10-24)12-11-25(31)17-22-8-7-18(3)13-19(22)4/h7-8,13,20-21,23-24H,5-6,9-12,14-17H2,1-4H3. The third-order valence-electron chi connectivity index (χ3n) is 7.64. The van der Waals surface area contributed by atoms with E-state index < -0.39 is 0 Å². The molecule has 0 N–H and O–H groups in total. The topological polar surface area (TPSA) is 47.8 Å². The van der Waals surface area contributed by atoms with Crippen LogP contribution >= 0.6 is 0 Å². The van der Waals surface area contributed by atoms with E-state index in [1.807, 2.05) is 0 Å². The van der Waals surface area contributed by atoms with E-state index in [-0.39, 0.29) is 0 Å². The van der Waals surface area contributed by atoms with E-state index >= 15 is 0 Å². The second-order valence-electron chi connectivity index (χ2n) is 10.2. The predicted molar refractivity (Wildman–Crippen MR) is 125 cm³/mol. The molecule has 4 nitrogen and oxygen atoms in total. The van der Waals surface area contributed by atoms with Crippen molar-refractivity contribution in [2.75, 3.05) is 0 Å². The van der Waals surface area contributed by atoms with Gasteiger partial charge < -0.3 is 4.57 Å². The molecule has 2 aliphatic rings. The normalized spacial score (nSPS) is 20.8. The largest absolute Gasteiger partial charge is 0.312 e. The number of carbonyl (C=O) groups is 1. The average molecular weight is 422 g/mol. The Morgan fingerprint density at radius 2 is 1.87 bits per heavy atom. The van der Waals surface area contributed by atoms with Crippen molar-refractivity contribution >= 4 is 5.78 Å². The summed E-state index contributed by atoms with van der Waals surface area (Å²) >= 11 is 0. The highest BCUT2D eigenvalue weighted by Gasteiger charge is 2.38. The Bertz CT molecular complexity index is 901. The lowest BCUT2D eigenvalue weighted by Gasteiger charge is -2.37. The first-order valence-corrected chi connectivity index (χ1v) is 12.5. The Morgan fingerprint density at radius 3 is 2.52 bits per heavy atom. The number of hydrogen-bond acceptors (Lipinski definition) is 3. The third kappa shape index (κ3) is 5.27. The van der Waals surface area contributed by atoms with Crippen LogP contribution in [0.2, 0.25) is 0 Å². The molecule has 31 heavy (non-hydrogen) atoms. The molecule has 4 rings (SSSR count). The minimum atomic E-state index is 0.299. The number of aryl methyl sites for hydroxylation is 3. The van der Waals surface area contributed by atoms with E-state index in [1.165, 1.54) is 61.9 Å². The van der Waals surface area contributed by atoms with Gasteiger partial charge in [0.05, 0.1) is 0 Å². The van der Waals surface area contributed by atoms with Crippen molar-refractivity contribution in [1.82, 2.24) is 14.8 Å². The molecule has 2 saturated carbocycles. The summed E-state index contributed by atoms with van der Waals surface area (Å²) < 4.78 is 2.42. The number of carbonyl (C=O) groups excluding carboxylic acids is 1. The van der Waals surface area contributed by atoms with E-state index in [9.17, 15) is 4.79 Å². The quantitative estimate of drug-likeness (QED) is 0.428. The van der Waals surface area contributed by atoms with Crippen molar-refractivity contribution in [2.24, 2.45) is 11.8 Å². The Hall–Kier alpha value is -1.97. The van der Waals surface area contributed by atoms with Gasteiger partial charge >= 0.3 is 0 Å². The number of Topliss-reactive ketones (excluding diaryl/α,β-unsaturated/α-hetero) is 1. The van der Waals surface area contributed by atoms with Crippen LogP contribution in [0.25, 0.3) is 0 Å². The lowest BCUT2D eigenvalue weighted by atomic mass is 9.70. The Labute approximate surface area is 187 Å². The van der Waals surface area contributed by atoms with Gasteiger partial charge in [-0.1, -0.05) is 50.5 Å². The van der Waals surface area contributed by atoms with E-state index in [2.05, 4.69) is 60.7 Å². The van der Waals surface area contributed by atoms with Crippen LogP contribution < -0.4 is 0 Å². The van der Waals surface area contributed by atoms with Gasteiger partial charge in [0.2, 0.25) is 0 Å². The number of benzene rings is 1. The molecule has 0 unspecified atom stereocenters. The molecule has 0 atom stereocenters. The zero-order chi connectivity index (χ0) is 22.0. The van der Waals surface area contributed by atoms with Crippen LogP contribution in [0, 0.1) is 25.7 Å². The number of nitrogens with zero attached hydrogens (tertiary/aromatic N) is 3. The minimum Gasteiger partial charge on any atom is -0.312 e. The first kappa shape index (κ1) is 22.2. The van der Waals surface area contributed by atoms with Gasteiger partial charge in [0, 0.05) is 31.2 Å². The van der Waals surface area contributed by atoms with Crippen molar-refractivity contribution in [2.45, 2.75) is 104 Å². The summed E-state index contributed by atoms with van der Waals surface area (Å²) in [6.07, 6.45) is 10.8. The van der Waals surface area contributed by atoms with E-state index in [0.717, 1.165) is 29.6 Å². The molecule has 1 heterocycles. The van der Waals surface area contributed by atoms with E-state index in [0.29, 0.717) is 30.6 Å². The van der Waals surface area contributed by atoms with Gasteiger partial charge in [-0.2, -0.15) is 0 Å². The van der Waals surface area contributed by atoms with Crippen LogP contribution in [-0.2, 0) is 17.6 Å². The number of aromatic nitrogens is 3. The van der Waals surface area contributed by atoms with Crippen LogP contribution in [-0.4, -0.2) is 20.5 Å². The molecule has 2 aliphatic carbocycles. The number of hydrogen-bond donors (Lipinski definition) is 0. The molecule has 1 aromatic carbocycles. The molecule has 2 aromatic rings. The molecule has 0 bridgehead atoms. The highest BCUT2D eigenvalue weighted by Crippen LogP contribution is 2.47. The first-order chi connectivity index (χ1) is 15.0. The summed E-state index contributed by atoms with van der Waals surface area (Å²) in [4.78, 5) is 12.7. The van der Waals surface area contributed by atoms with Crippen LogP contribution in [0.4, 0.5) is 0 Å². The van der Waals surface area contributed by atoms with E-state index in [1.54, 1.807) is 0 Å². The maximum atomic E-state index is 12.7. The van der Waals surface area contributed by atoms with Crippen molar-refractivity contribution < 1.29 is 4.79 Å². The lowest BCUT2D eigenvalue weighted by molar-refractivity contribution is -0.118. The van der Waals surface area contributed by atoms with Gasteiger partial charge in [0.25, 0.3) is 0 Å². The molecule has 168 valence electrons. The molecular weight excluding hydrogens is 382 g/mol. The van der Waals surface area contributed by atoms with Crippen LogP contribution in [0.3, 0.4) is 0 Å². The minimum absolute atomic E-state index is 0.299. The first-order valence-electron chi connectivity index (χ1n) is 12.5. The van der Waals surface area contributed by atoms with Crippen LogP contribution in [0.1, 0.15) is 106 Å². The molecular formula is C27H39N3O. The summed E-state index contributed by atoms with van der Waals surface area (Å²) in [5, 5.41) is 9.21. The highest BCUT2D eigenvalue weighted by atomic mass is 16.1. The van der Waals surface area contributed by atoms with Gasteiger partial charge in [-0.25, -0.2) is 0 Å². The summed E-state index contributed by atoms with van der Waals surface area (Å²) in [5.41, 5.74) is 3.61. The molecule has 0 aliphatic heterocycles. The van der Waals surface area contributed by atoms with Crippen molar-refractivity contribution in [1.29, 1.82) is 0 Å². The van der Waals surface area contributed by atoms with Gasteiger partial charge in [-0.15, -0.1) is 10.2 Å². The molecule has 0 radical (unpaired) electrons. The van der Waals surface area contributed by atoms with Crippen molar-refractivity contribution in [3.8, 4) is 0 Å². The number of rotatable bonds is 11. The van der Waals surface area contributed by atoms with Gasteiger partial charge in [0.1, 0.15) is 17.4 Å². The Kier molecular flexibility index (Phi) is 6.93. The second-order valence-corrected chi connectivity index (χ2v) is 10.2. The Morgan fingerprint density at radius 1 is 1.13 bits per heavy atom. The van der Waals surface area contributed by atoms with Crippen molar-refractivity contribution in [3.05, 3.63) is 46.5 Å². The third-order valence-corrected chi connectivity index (χ3v) is 7.64. The SMILES string of the molecule is CCC(CC)CC1CC(c2nnc(CCC(=O)Cc3ccc(C)cc3C)n2C2CC2)C1. The molecule has 4 heteroatoms. The summed E-state index contributed by atoms with van der Waals surface area (Å²) in [5.74, 6) is 4.86. The summed E-state index contributed by atoms with van der Waals surface area (Å²) in [6, 6.07) is 6.93. The van der Waals surface area contributed by atoms with Crippen LogP contribution in [0.15, 0.2) is 18.2 Å². The fourth-order valence-corrected chi connectivity index (χ4v) is 5.35. The molecule has 0 amide bonds. The van der Waals surface area contributed by atoms with Crippen LogP contribution in [0.5, 0.6) is 0 Å². The molecule has 2 fully saturated rings. The zero-order valence-corrected chi connectivity index (χ0v) is 19.9. The van der Waals surface area contributed by atoms with E-state index in [4.69, 9.17) is 0 Å². The van der Waals surface area contributed by atoms with Gasteiger partial charge in [0.15, 0.2) is 0 Å².